The van der Waals surface area contributed by atoms with Gasteiger partial charge in [0, 0.05) is 51.2 Å². The molecular formula is C25H22Cl2N2O3. The van der Waals surface area contributed by atoms with E-state index in [1.165, 1.54) is 0 Å². The third-order valence-corrected chi connectivity index (χ3v) is 6.05. The standard InChI is InChI=1S/C25H22Cl2N2O3/c26-20-8-5-9-21(27)19(20)15-32-24-11-4-1-6-16(24)13-29-23(25(30)31)12-17-14-28-22-10-3-2-7-18(17)22/h1-11,14,23,28-29H,12-13,15H2,(H,30,31)/t23-/m0/s1. The van der Waals surface area contributed by atoms with Gasteiger partial charge in [-0.05, 0) is 29.8 Å². The van der Waals surface area contributed by atoms with Crippen LogP contribution in [0.4, 0.5) is 0 Å². The number of hydrogen-bond acceptors (Lipinski definition) is 3. The van der Waals surface area contributed by atoms with Crippen molar-refractivity contribution in [3.8, 4) is 5.75 Å². The zero-order chi connectivity index (χ0) is 22.5. The van der Waals surface area contributed by atoms with Gasteiger partial charge in [0.1, 0.15) is 18.4 Å². The lowest BCUT2D eigenvalue weighted by Crippen LogP contribution is -2.38. The zero-order valence-corrected chi connectivity index (χ0v) is 18.7. The maximum Gasteiger partial charge on any atom is 0.321 e. The molecule has 7 heteroatoms. The van der Waals surface area contributed by atoms with Crippen LogP contribution in [0, 0.1) is 0 Å². The summed E-state index contributed by atoms with van der Waals surface area (Å²) in [4.78, 5) is 15.1. The second-order valence-corrected chi connectivity index (χ2v) is 8.25. The highest BCUT2D eigenvalue weighted by atomic mass is 35.5. The molecule has 3 aromatic carbocycles. The Morgan fingerprint density at radius 2 is 1.69 bits per heavy atom. The van der Waals surface area contributed by atoms with Crippen molar-refractivity contribution in [1.82, 2.24) is 10.3 Å². The molecule has 3 N–H and O–H groups in total. The number of rotatable bonds is 9. The maximum absolute atomic E-state index is 11.9. The van der Waals surface area contributed by atoms with Crippen molar-refractivity contribution >= 4 is 40.1 Å². The van der Waals surface area contributed by atoms with E-state index < -0.39 is 12.0 Å². The highest BCUT2D eigenvalue weighted by Gasteiger charge is 2.20. The molecular weight excluding hydrogens is 447 g/mol. The summed E-state index contributed by atoms with van der Waals surface area (Å²) < 4.78 is 5.98. The van der Waals surface area contributed by atoms with Gasteiger partial charge < -0.3 is 14.8 Å². The van der Waals surface area contributed by atoms with Crippen LogP contribution in [0.5, 0.6) is 5.75 Å². The Hall–Kier alpha value is -2.99. The predicted molar refractivity (Wildman–Crippen MR) is 128 cm³/mol. The Morgan fingerprint density at radius 3 is 2.47 bits per heavy atom. The maximum atomic E-state index is 11.9. The lowest BCUT2D eigenvalue weighted by atomic mass is 10.0. The molecule has 1 atom stereocenters. The largest absolute Gasteiger partial charge is 0.488 e. The lowest BCUT2D eigenvalue weighted by Gasteiger charge is -2.17. The number of benzene rings is 3. The number of para-hydroxylation sites is 2. The number of aromatic amines is 1. The van der Waals surface area contributed by atoms with Crippen LogP contribution < -0.4 is 10.1 Å². The van der Waals surface area contributed by atoms with Gasteiger partial charge in [-0.15, -0.1) is 0 Å². The molecule has 0 aliphatic carbocycles. The normalized spacial score (nSPS) is 12.1. The van der Waals surface area contributed by atoms with Crippen molar-refractivity contribution in [2.45, 2.75) is 25.6 Å². The minimum absolute atomic E-state index is 0.215. The Morgan fingerprint density at radius 1 is 0.969 bits per heavy atom. The molecule has 4 rings (SSSR count). The van der Waals surface area contributed by atoms with Gasteiger partial charge in [0.15, 0.2) is 0 Å². The van der Waals surface area contributed by atoms with Gasteiger partial charge in [0.25, 0.3) is 0 Å². The van der Waals surface area contributed by atoms with E-state index in [-0.39, 0.29) is 6.61 Å². The van der Waals surface area contributed by atoms with Crippen LogP contribution in [0.25, 0.3) is 10.9 Å². The fourth-order valence-electron chi connectivity index (χ4n) is 3.61. The first-order valence-corrected chi connectivity index (χ1v) is 10.9. The first-order chi connectivity index (χ1) is 15.5. The number of ether oxygens (including phenoxy) is 1. The molecule has 0 spiro atoms. The van der Waals surface area contributed by atoms with E-state index in [0.717, 1.165) is 22.0 Å². The van der Waals surface area contributed by atoms with Gasteiger partial charge in [0.05, 0.1) is 0 Å². The van der Waals surface area contributed by atoms with Crippen molar-refractivity contribution in [2.24, 2.45) is 0 Å². The topological polar surface area (TPSA) is 74.3 Å². The summed E-state index contributed by atoms with van der Waals surface area (Å²) >= 11 is 12.5. The highest BCUT2D eigenvalue weighted by Crippen LogP contribution is 2.27. The molecule has 164 valence electrons. The minimum Gasteiger partial charge on any atom is -0.488 e. The number of H-pyrrole nitrogens is 1. The van der Waals surface area contributed by atoms with E-state index in [4.69, 9.17) is 27.9 Å². The Labute approximate surface area is 195 Å². The van der Waals surface area contributed by atoms with Gasteiger partial charge in [-0.25, -0.2) is 0 Å². The summed E-state index contributed by atoms with van der Waals surface area (Å²) in [6, 6.07) is 19.9. The number of carboxylic acids is 1. The van der Waals surface area contributed by atoms with Crippen LogP contribution in [-0.4, -0.2) is 22.1 Å². The van der Waals surface area contributed by atoms with E-state index in [2.05, 4.69) is 10.3 Å². The van der Waals surface area contributed by atoms with Crippen LogP contribution in [0.1, 0.15) is 16.7 Å². The molecule has 0 saturated carbocycles. The SMILES string of the molecule is O=C(O)[C@H](Cc1c[nH]c2ccccc12)NCc1ccccc1OCc1c(Cl)cccc1Cl. The van der Waals surface area contributed by atoms with Crippen LogP contribution in [0.2, 0.25) is 10.0 Å². The Bertz CT molecular complexity index is 1220. The molecule has 32 heavy (non-hydrogen) atoms. The molecule has 0 aliphatic rings. The monoisotopic (exact) mass is 468 g/mol. The molecule has 0 unspecified atom stereocenters. The highest BCUT2D eigenvalue weighted by molar-refractivity contribution is 6.35. The van der Waals surface area contributed by atoms with E-state index in [1.54, 1.807) is 18.2 Å². The summed E-state index contributed by atoms with van der Waals surface area (Å²) in [6.07, 6.45) is 2.23. The molecule has 0 bridgehead atoms. The van der Waals surface area contributed by atoms with Crippen molar-refractivity contribution in [1.29, 1.82) is 0 Å². The molecule has 0 radical (unpaired) electrons. The number of carbonyl (C=O) groups is 1. The van der Waals surface area contributed by atoms with Gasteiger partial charge in [-0.1, -0.05) is 65.7 Å². The molecule has 4 aromatic rings. The van der Waals surface area contributed by atoms with E-state index in [1.807, 2.05) is 54.7 Å². The van der Waals surface area contributed by atoms with Crippen molar-refractivity contribution < 1.29 is 14.6 Å². The quantitative estimate of drug-likeness (QED) is 0.288. The van der Waals surface area contributed by atoms with Crippen LogP contribution in [0.15, 0.2) is 72.9 Å². The van der Waals surface area contributed by atoms with E-state index in [9.17, 15) is 9.90 Å². The molecule has 0 fully saturated rings. The van der Waals surface area contributed by atoms with Crippen LogP contribution >= 0.6 is 23.2 Å². The van der Waals surface area contributed by atoms with Crippen molar-refractivity contribution in [2.75, 3.05) is 0 Å². The van der Waals surface area contributed by atoms with Crippen molar-refractivity contribution in [3.63, 3.8) is 0 Å². The number of halogens is 2. The second-order valence-electron chi connectivity index (χ2n) is 7.43. The molecule has 0 aliphatic heterocycles. The average molecular weight is 469 g/mol. The average Bonchev–Trinajstić information content (AvgIpc) is 3.19. The van der Waals surface area contributed by atoms with Gasteiger partial charge in [-0.2, -0.15) is 0 Å². The number of hydrogen-bond donors (Lipinski definition) is 3. The lowest BCUT2D eigenvalue weighted by molar-refractivity contribution is -0.139. The third-order valence-electron chi connectivity index (χ3n) is 5.34. The zero-order valence-electron chi connectivity index (χ0n) is 17.1. The molecule has 0 saturated heterocycles. The van der Waals surface area contributed by atoms with Crippen LogP contribution in [0.3, 0.4) is 0 Å². The number of carboxylic acid groups (broad SMARTS) is 1. The number of nitrogens with one attached hydrogen (secondary N) is 2. The van der Waals surface area contributed by atoms with E-state index >= 15 is 0 Å². The van der Waals surface area contributed by atoms with Crippen molar-refractivity contribution in [3.05, 3.63) is 99.7 Å². The molecule has 1 heterocycles. The number of aromatic nitrogens is 1. The summed E-state index contributed by atoms with van der Waals surface area (Å²) in [6.45, 7) is 0.555. The predicted octanol–water partition coefficient (Wildman–Crippen LogP) is 5.84. The fraction of sp³-hybridized carbons (Fsp3) is 0.160. The molecule has 5 nitrogen and oxygen atoms in total. The second kappa shape index (κ2) is 10.1. The summed E-state index contributed by atoms with van der Waals surface area (Å²) in [5.41, 5.74) is 3.50. The molecule has 0 amide bonds. The van der Waals surface area contributed by atoms with Gasteiger partial charge >= 0.3 is 5.97 Å². The summed E-state index contributed by atoms with van der Waals surface area (Å²) in [7, 11) is 0. The van der Waals surface area contributed by atoms with Crippen LogP contribution in [-0.2, 0) is 24.4 Å². The van der Waals surface area contributed by atoms with Gasteiger partial charge in [-0.3, -0.25) is 10.1 Å². The Kier molecular flexibility index (Phi) is 7.00. The molecule has 1 aromatic heterocycles. The van der Waals surface area contributed by atoms with E-state index in [0.29, 0.717) is 34.3 Å². The smallest absolute Gasteiger partial charge is 0.321 e. The minimum atomic E-state index is -0.906. The van der Waals surface area contributed by atoms with Gasteiger partial charge in [0.2, 0.25) is 0 Å². The summed E-state index contributed by atoms with van der Waals surface area (Å²) in [5.74, 6) is -0.260. The number of fused-ring (bicyclic) bond motifs is 1. The first kappa shape index (κ1) is 22.2. The first-order valence-electron chi connectivity index (χ1n) is 10.2. The third kappa shape index (κ3) is 5.07. The summed E-state index contributed by atoms with van der Waals surface area (Å²) in [5, 5.41) is 15.0. The number of aliphatic carboxylic acids is 1. The Balaban J connectivity index is 1.45. The fourth-order valence-corrected chi connectivity index (χ4v) is 4.12.